The van der Waals surface area contributed by atoms with Crippen LogP contribution in [0.15, 0.2) is 0 Å². The van der Waals surface area contributed by atoms with Gasteiger partial charge in [0.05, 0.1) is 11.6 Å². The van der Waals surface area contributed by atoms with Crippen molar-refractivity contribution in [2.75, 3.05) is 18.9 Å². The molecule has 0 aromatic carbocycles. The minimum Gasteiger partial charge on any atom is -0.347 e. The molecule has 1 aromatic rings. The average molecular weight is 335 g/mol. The molecule has 2 N–H and O–H groups in total. The second-order valence-electron chi connectivity index (χ2n) is 6.40. The third-order valence-electron chi connectivity index (χ3n) is 4.47. The number of anilines is 1. The first-order valence-corrected chi connectivity index (χ1v) is 8.64. The third-order valence-corrected chi connectivity index (χ3v) is 5.60. The standard InChI is InChI=1S/C16H21N3O3S/c1-8-9(2)23-16(18-14(21)10-4-5-10)13(8)15(22)17-11-6-12(20)19(3)7-11/h10-11H,4-7H2,1-3H3,(H,17,22)(H,18,21). The molecule has 0 bridgehead atoms. The number of nitrogens with zero attached hydrogens (tertiary/aromatic N) is 1. The van der Waals surface area contributed by atoms with Gasteiger partial charge in [0, 0.05) is 30.8 Å². The Morgan fingerprint density at radius 3 is 2.52 bits per heavy atom. The fourth-order valence-corrected chi connectivity index (χ4v) is 3.83. The van der Waals surface area contributed by atoms with Gasteiger partial charge in [0.1, 0.15) is 5.00 Å². The lowest BCUT2D eigenvalue weighted by Gasteiger charge is -2.13. The number of carbonyl (C=O) groups excluding carboxylic acids is 3. The van der Waals surface area contributed by atoms with Crippen molar-refractivity contribution in [3.8, 4) is 0 Å². The number of hydrogen-bond acceptors (Lipinski definition) is 4. The molecule has 2 heterocycles. The van der Waals surface area contributed by atoms with E-state index in [-0.39, 0.29) is 29.7 Å². The molecular formula is C16H21N3O3S. The quantitative estimate of drug-likeness (QED) is 0.878. The van der Waals surface area contributed by atoms with E-state index in [9.17, 15) is 14.4 Å². The highest BCUT2D eigenvalue weighted by Gasteiger charge is 2.33. The van der Waals surface area contributed by atoms with E-state index < -0.39 is 0 Å². The highest BCUT2D eigenvalue weighted by molar-refractivity contribution is 7.16. The highest BCUT2D eigenvalue weighted by Crippen LogP contribution is 2.35. The van der Waals surface area contributed by atoms with E-state index >= 15 is 0 Å². The molecule has 7 heteroatoms. The number of nitrogens with one attached hydrogen (secondary N) is 2. The van der Waals surface area contributed by atoms with Crippen molar-refractivity contribution >= 4 is 34.1 Å². The predicted octanol–water partition coefficient (Wildman–Crippen LogP) is 1.67. The molecule has 1 atom stereocenters. The SMILES string of the molecule is Cc1sc(NC(=O)C2CC2)c(C(=O)NC2CC(=O)N(C)C2)c1C. The molecule has 3 rings (SSSR count). The number of amides is 3. The summed E-state index contributed by atoms with van der Waals surface area (Å²) < 4.78 is 0. The van der Waals surface area contributed by atoms with Crippen molar-refractivity contribution < 1.29 is 14.4 Å². The van der Waals surface area contributed by atoms with Crippen LogP contribution >= 0.6 is 11.3 Å². The Morgan fingerprint density at radius 1 is 1.26 bits per heavy atom. The lowest BCUT2D eigenvalue weighted by Crippen LogP contribution is -2.37. The van der Waals surface area contributed by atoms with Gasteiger partial charge in [-0.15, -0.1) is 11.3 Å². The number of hydrogen-bond donors (Lipinski definition) is 2. The second-order valence-corrected chi connectivity index (χ2v) is 7.62. The zero-order valence-electron chi connectivity index (χ0n) is 13.6. The van der Waals surface area contributed by atoms with Gasteiger partial charge in [0.2, 0.25) is 11.8 Å². The van der Waals surface area contributed by atoms with Gasteiger partial charge in [-0.3, -0.25) is 14.4 Å². The molecule has 3 amide bonds. The summed E-state index contributed by atoms with van der Waals surface area (Å²) in [5, 5.41) is 6.44. The fraction of sp³-hybridized carbons (Fsp3) is 0.562. The van der Waals surface area contributed by atoms with Crippen molar-refractivity contribution in [2.45, 2.75) is 39.2 Å². The van der Waals surface area contributed by atoms with E-state index in [0.717, 1.165) is 23.3 Å². The van der Waals surface area contributed by atoms with E-state index in [1.165, 1.54) is 11.3 Å². The van der Waals surface area contributed by atoms with Crippen LogP contribution in [-0.4, -0.2) is 42.3 Å². The fourth-order valence-electron chi connectivity index (χ4n) is 2.77. The Balaban J connectivity index is 1.76. The average Bonchev–Trinajstić information content (AvgIpc) is 3.21. The van der Waals surface area contributed by atoms with E-state index in [1.807, 2.05) is 13.8 Å². The van der Waals surface area contributed by atoms with Gasteiger partial charge >= 0.3 is 0 Å². The summed E-state index contributed by atoms with van der Waals surface area (Å²) in [6.45, 7) is 4.35. The number of likely N-dealkylation sites (tertiary alicyclic amines) is 1. The van der Waals surface area contributed by atoms with Gasteiger partial charge in [0.25, 0.3) is 5.91 Å². The summed E-state index contributed by atoms with van der Waals surface area (Å²) in [7, 11) is 1.73. The first-order chi connectivity index (χ1) is 10.9. The van der Waals surface area contributed by atoms with Crippen LogP contribution < -0.4 is 10.6 Å². The van der Waals surface area contributed by atoms with E-state index in [1.54, 1.807) is 11.9 Å². The third kappa shape index (κ3) is 3.24. The van der Waals surface area contributed by atoms with Crippen molar-refractivity contribution in [3.05, 3.63) is 16.0 Å². The maximum atomic E-state index is 12.7. The molecule has 1 aliphatic heterocycles. The number of likely N-dealkylation sites (N-methyl/N-ethyl adjacent to an activating group) is 1. The van der Waals surface area contributed by atoms with Gasteiger partial charge in [0.15, 0.2) is 0 Å². The zero-order valence-corrected chi connectivity index (χ0v) is 14.4. The van der Waals surface area contributed by atoms with Crippen LogP contribution in [-0.2, 0) is 9.59 Å². The largest absolute Gasteiger partial charge is 0.347 e. The Labute approximate surface area is 139 Å². The molecule has 1 saturated carbocycles. The second kappa shape index (κ2) is 5.96. The lowest BCUT2D eigenvalue weighted by atomic mass is 10.1. The van der Waals surface area contributed by atoms with Gasteiger partial charge in [-0.05, 0) is 32.3 Å². The van der Waals surface area contributed by atoms with Crippen molar-refractivity contribution in [1.29, 1.82) is 0 Å². The van der Waals surface area contributed by atoms with Crippen LogP contribution in [0.3, 0.4) is 0 Å². The molecule has 0 radical (unpaired) electrons. The zero-order chi connectivity index (χ0) is 16.7. The lowest BCUT2D eigenvalue weighted by molar-refractivity contribution is -0.126. The van der Waals surface area contributed by atoms with Gasteiger partial charge in [-0.25, -0.2) is 0 Å². The van der Waals surface area contributed by atoms with Gasteiger partial charge < -0.3 is 15.5 Å². The maximum Gasteiger partial charge on any atom is 0.254 e. The molecule has 1 aliphatic carbocycles. The smallest absolute Gasteiger partial charge is 0.254 e. The molecule has 1 aromatic heterocycles. The van der Waals surface area contributed by atoms with Gasteiger partial charge in [-0.1, -0.05) is 0 Å². The monoisotopic (exact) mass is 335 g/mol. The number of rotatable bonds is 4. The summed E-state index contributed by atoms with van der Waals surface area (Å²) in [5.41, 5.74) is 1.42. The minimum absolute atomic E-state index is 0.00363. The van der Waals surface area contributed by atoms with Crippen LogP contribution in [0.1, 0.15) is 40.1 Å². The summed E-state index contributed by atoms with van der Waals surface area (Å²) in [6, 6.07) is -0.174. The molecule has 6 nitrogen and oxygen atoms in total. The normalized spacial score (nSPS) is 20.7. The number of aryl methyl sites for hydroxylation is 1. The Kier molecular flexibility index (Phi) is 4.14. The predicted molar refractivity (Wildman–Crippen MR) is 88.7 cm³/mol. The molecule has 23 heavy (non-hydrogen) atoms. The summed E-state index contributed by atoms with van der Waals surface area (Å²) >= 11 is 1.43. The summed E-state index contributed by atoms with van der Waals surface area (Å²) in [6.07, 6.45) is 2.18. The Bertz CT molecular complexity index is 678. The van der Waals surface area contributed by atoms with Crippen LogP contribution in [0.25, 0.3) is 0 Å². The van der Waals surface area contributed by atoms with Crippen LogP contribution in [0, 0.1) is 19.8 Å². The van der Waals surface area contributed by atoms with E-state index in [2.05, 4.69) is 10.6 Å². The topological polar surface area (TPSA) is 78.5 Å². The van der Waals surface area contributed by atoms with E-state index in [0.29, 0.717) is 23.5 Å². The van der Waals surface area contributed by atoms with Gasteiger partial charge in [-0.2, -0.15) is 0 Å². The first-order valence-electron chi connectivity index (χ1n) is 7.82. The summed E-state index contributed by atoms with van der Waals surface area (Å²) in [4.78, 5) is 38.9. The number of thiophene rings is 1. The molecule has 0 spiro atoms. The van der Waals surface area contributed by atoms with Crippen LogP contribution in [0.4, 0.5) is 5.00 Å². The molecular weight excluding hydrogens is 314 g/mol. The molecule has 1 saturated heterocycles. The highest BCUT2D eigenvalue weighted by atomic mass is 32.1. The van der Waals surface area contributed by atoms with E-state index in [4.69, 9.17) is 0 Å². The maximum absolute atomic E-state index is 12.7. The molecule has 2 aliphatic rings. The van der Waals surface area contributed by atoms with Crippen molar-refractivity contribution in [2.24, 2.45) is 5.92 Å². The Morgan fingerprint density at radius 2 is 1.96 bits per heavy atom. The number of carbonyl (C=O) groups is 3. The van der Waals surface area contributed by atoms with Crippen molar-refractivity contribution in [3.63, 3.8) is 0 Å². The molecule has 1 unspecified atom stereocenters. The summed E-state index contributed by atoms with van der Waals surface area (Å²) in [5.74, 6) is -0.0902. The molecule has 124 valence electrons. The van der Waals surface area contributed by atoms with Crippen molar-refractivity contribution in [1.82, 2.24) is 10.2 Å². The Hall–Kier alpha value is -1.89. The molecule has 2 fully saturated rings. The first kappa shape index (κ1) is 16.0. The van der Waals surface area contributed by atoms with Crippen LogP contribution in [0.5, 0.6) is 0 Å². The van der Waals surface area contributed by atoms with Crippen LogP contribution in [0.2, 0.25) is 0 Å². The minimum atomic E-state index is -0.217.